The number of nitrogens with zero attached hydrogens (tertiary/aromatic N) is 1. The van der Waals surface area contributed by atoms with Gasteiger partial charge in [0.05, 0.1) is 29.8 Å². The van der Waals surface area contributed by atoms with E-state index in [0.717, 1.165) is 0 Å². The Balaban J connectivity index is 2.51. The number of carbonyl (C=O) groups excluding carboxylic acids is 3. The summed E-state index contributed by atoms with van der Waals surface area (Å²) in [6, 6.07) is 3.55. The molecule has 0 radical (unpaired) electrons. The third-order valence-electron chi connectivity index (χ3n) is 2.82. The van der Waals surface area contributed by atoms with Crippen LogP contribution in [0.2, 0.25) is 0 Å². The van der Waals surface area contributed by atoms with Crippen LogP contribution < -0.4 is 16.0 Å². The predicted molar refractivity (Wildman–Crippen MR) is 79.9 cm³/mol. The zero-order chi connectivity index (χ0) is 17.4. The van der Waals surface area contributed by atoms with E-state index in [9.17, 15) is 24.5 Å². The fourth-order valence-corrected chi connectivity index (χ4v) is 1.59. The number of hydrogen-bond acceptors (Lipinski definition) is 6. The van der Waals surface area contributed by atoms with E-state index >= 15 is 0 Å². The van der Waals surface area contributed by atoms with Crippen LogP contribution in [0.3, 0.4) is 0 Å². The number of rotatable bonds is 6. The third-order valence-corrected chi connectivity index (χ3v) is 2.82. The molecule has 0 atom stereocenters. The Bertz CT molecular complexity index is 631. The van der Waals surface area contributed by atoms with Gasteiger partial charge in [0.15, 0.2) is 0 Å². The van der Waals surface area contributed by atoms with Crippen molar-refractivity contribution in [3.8, 4) is 0 Å². The number of methoxy groups -OCH3 is 1. The first-order valence-electron chi connectivity index (χ1n) is 6.47. The monoisotopic (exact) mass is 324 g/mol. The van der Waals surface area contributed by atoms with Crippen molar-refractivity contribution in [3.05, 3.63) is 33.9 Å². The Kier molecular flexibility index (Phi) is 6.46. The summed E-state index contributed by atoms with van der Waals surface area (Å²) >= 11 is 0. The van der Waals surface area contributed by atoms with Crippen molar-refractivity contribution in [2.45, 2.75) is 6.92 Å². The topological polar surface area (TPSA) is 140 Å². The van der Waals surface area contributed by atoms with Crippen molar-refractivity contribution in [3.63, 3.8) is 0 Å². The Morgan fingerprint density at radius 1 is 1.22 bits per heavy atom. The van der Waals surface area contributed by atoms with Gasteiger partial charge in [-0.3, -0.25) is 19.7 Å². The van der Waals surface area contributed by atoms with E-state index in [-0.39, 0.29) is 24.5 Å². The molecule has 0 aliphatic carbocycles. The summed E-state index contributed by atoms with van der Waals surface area (Å²) in [5.74, 6) is -1.20. The molecule has 0 fully saturated rings. The van der Waals surface area contributed by atoms with E-state index in [2.05, 4.69) is 20.7 Å². The van der Waals surface area contributed by atoms with Crippen LogP contribution in [-0.4, -0.2) is 43.0 Å². The number of nitrogens with one attached hydrogen (secondary N) is 3. The van der Waals surface area contributed by atoms with E-state index < -0.39 is 22.8 Å². The van der Waals surface area contributed by atoms with Gasteiger partial charge >= 0.3 is 12.0 Å². The van der Waals surface area contributed by atoms with E-state index in [1.54, 1.807) is 0 Å². The average Bonchev–Trinajstić information content (AvgIpc) is 2.52. The molecule has 124 valence electrons. The number of carbonyl (C=O) groups is 3. The van der Waals surface area contributed by atoms with E-state index in [4.69, 9.17) is 0 Å². The molecule has 3 N–H and O–H groups in total. The number of hydrogen-bond donors (Lipinski definition) is 3. The minimum atomic E-state index is -0.707. The number of amides is 3. The first-order valence-corrected chi connectivity index (χ1v) is 6.47. The molecule has 1 aromatic carbocycles. The highest BCUT2D eigenvalue weighted by atomic mass is 16.6. The first kappa shape index (κ1) is 17.9. The Hall–Kier alpha value is -3.17. The Morgan fingerprint density at radius 3 is 2.52 bits per heavy atom. The van der Waals surface area contributed by atoms with Gasteiger partial charge in [-0.15, -0.1) is 0 Å². The maximum absolute atomic E-state index is 11.7. The zero-order valence-corrected chi connectivity index (χ0v) is 12.5. The molecule has 0 heterocycles. The highest BCUT2D eigenvalue weighted by Crippen LogP contribution is 2.24. The fraction of sp³-hybridized carbons (Fsp3) is 0.308. The number of urea groups is 1. The molecule has 0 saturated carbocycles. The SMILES string of the molecule is COC(=O)CNC(=O)CNC(=O)Nc1cccc([N+](=O)[O-])c1C. The van der Waals surface area contributed by atoms with Crippen LogP contribution in [0, 0.1) is 17.0 Å². The third kappa shape index (κ3) is 5.61. The van der Waals surface area contributed by atoms with Gasteiger partial charge in [-0.1, -0.05) is 6.07 Å². The van der Waals surface area contributed by atoms with Crippen molar-refractivity contribution in [2.24, 2.45) is 0 Å². The number of nitro groups is 1. The number of benzene rings is 1. The number of ether oxygens (including phenoxy) is 1. The van der Waals surface area contributed by atoms with Gasteiger partial charge in [0.2, 0.25) is 5.91 Å². The summed E-state index contributed by atoms with van der Waals surface area (Å²) in [5, 5.41) is 17.7. The summed E-state index contributed by atoms with van der Waals surface area (Å²) in [6.07, 6.45) is 0. The van der Waals surface area contributed by atoms with Crippen LogP contribution in [0.1, 0.15) is 5.56 Å². The summed E-state index contributed by atoms with van der Waals surface area (Å²) in [6.45, 7) is 0.830. The second-order valence-electron chi connectivity index (χ2n) is 4.37. The lowest BCUT2D eigenvalue weighted by Crippen LogP contribution is -2.40. The van der Waals surface area contributed by atoms with Gasteiger partial charge in [0.1, 0.15) is 6.54 Å². The molecule has 1 rings (SSSR count). The zero-order valence-electron chi connectivity index (χ0n) is 12.5. The van der Waals surface area contributed by atoms with Crippen LogP contribution in [0.25, 0.3) is 0 Å². The molecule has 10 nitrogen and oxygen atoms in total. The number of anilines is 1. The molecular formula is C13H16N4O6. The summed E-state index contributed by atoms with van der Waals surface area (Å²) in [7, 11) is 1.18. The van der Waals surface area contributed by atoms with Crippen LogP contribution in [-0.2, 0) is 14.3 Å². The fourth-order valence-electron chi connectivity index (χ4n) is 1.59. The smallest absolute Gasteiger partial charge is 0.325 e. The van der Waals surface area contributed by atoms with Gasteiger partial charge in [-0.05, 0) is 13.0 Å². The lowest BCUT2D eigenvalue weighted by Gasteiger charge is -2.10. The molecule has 0 saturated heterocycles. The number of esters is 1. The van der Waals surface area contributed by atoms with Gasteiger partial charge in [-0.2, -0.15) is 0 Å². The molecule has 23 heavy (non-hydrogen) atoms. The largest absolute Gasteiger partial charge is 0.468 e. The second-order valence-corrected chi connectivity index (χ2v) is 4.37. The Morgan fingerprint density at radius 2 is 1.91 bits per heavy atom. The second kappa shape index (κ2) is 8.32. The predicted octanol–water partition coefficient (Wildman–Crippen LogP) is 0.314. The highest BCUT2D eigenvalue weighted by Gasteiger charge is 2.15. The van der Waals surface area contributed by atoms with Crippen LogP contribution >= 0.6 is 0 Å². The van der Waals surface area contributed by atoms with Crippen molar-refractivity contribution in [1.29, 1.82) is 0 Å². The summed E-state index contributed by atoms with van der Waals surface area (Å²) < 4.78 is 4.34. The molecule has 0 unspecified atom stereocenters. The van der Waals surface area contributed by atoms with Crippen LogP contribution in [0.5, 0.6) is 0 Å². The summed E-state index contributed by atoms with van der Waals surface area (Å²) in [4.78, 5) is 44.1. The van der Waals surface area contributed by atoms with E-state index in [1.165, 1.54) is 32.2 Å². The molecule has 0 aliphatic heterocycles. The van der Waals surface area contributed by atoms with E-state index in [1.807, 2.05) is 0 Å². The normalized spacial score (nSPS) is 9.65. The minimum absolute atomic E-state index is 0.126. The lowest BCUT2D eigenvalue weighted by atomic mass is 10.1. The average molecular weight is 324 g/mol. The molecule has 0 spiro atoms. The molecular weight excluding hydrogens is 308 g/mol. The first-order chi connectivity index (χ1) is 10.8. The molecule has 0 bridgehead atoms. The summed E-state index contributed by atoms with van der Waals surface area (Å²) in [5.41, 5.74) is 0.424. The van der Waals surface area contributed by atoms with Gasteiger partial charge in [0, 0.05) is 6.07 Å². The van der Waals surface area contributed by atoms with Crippen LogP contribution in [0.4, 0.5) is 16.2 Å². The van der Waals surface area contributed by atoms with Crippen molar-refractivity contribution in [1.82, 2.24) is 10.6 Å². The quantitative estimate of drug-likeness (QED) is 0.391. The molecule has 0 aliphatic rings. The lowest BCUT2D eigenvalue weighted by molar-refractivity contribution is -0.385. The highest BCUT2D eigenvalue weighted by molar-refractivity contribution is 5.93. The van der Waals surface area contributed by atoms with Crippen molar-refractivity contribution < 1.29 is 24.0 Å². The van der Waals surface area contributed by atoms with Crippen molar-refractivity contribution >= 4 is 29.3 Å². The van der Waals surface area contributed by atoms with Gasteiger partial charge in [-0.25, -0.2) is 4.79 Å². The Labute approximate surface area is 131 Å². The maximum atomic E-state index is 11.7. The maximum Gasteiger partial charge on any atom is 0.325 e. The van der Waals surface area contributed by atoms with Gasteiger partial charge < -0.3 is 20.7 Å². The van der Waals surface area contributed by atoms with Crippen molar-refractivity contribution in [2.75, 3.05) is 25.5 Å². The van der Waals surface area contributed by atoms with Gasteiger partial charge in [0.25, 0.3) is 5.69 Å². The van der Waals surface area contributed by atoms with Crippen LogP contribution in [0.15, 0.2) is 18.2 Å². The molecule has 10 heteroatoms. The van der Waals surface area contributed by atoms with E-state index in [0.29, 0.717) is 5.56 Å². The minimum Gasteiger partial charge on any atom is -0.468 e. The number of nitro benzene ring substituents is 1. The molecule has 1 aromatic rings. The standard InChI is InChI=1S/C13H16N4O6/c1-8-9(4-3-5-10(8)17(21)22)16-13(20)15-6-11(18)14-7-12(19)23-2/h3-5H,6-7H2,1-2H3,(H,14,18)(H2,15,16,20). The molecule has 3 amide bonds. The molecule has 0 aromatic heterocycles.